The Morgan fingerprint density at radius 3 is 2.70 bits per heavy atom. The first kappa shape index (κ1) is 14.9. The maximum Gasteiger partial charge on any atom is 0.263 e. The number of rotatable bonds is 4. The van der Waals surface area contributed by atoms with E-state index in [1.165, 1.54) is 25.3 Å². The van der Waals surface area contributed by atoms with Gasteiger partial charge in [0.15, 0.2) is 0 Å². The second-order valence-corrected chi connectivity index (χ2v) is 4.83. The van der Waals surface area contributed by atoms with Crippen molar-refractivity contribution in [1.29, 1.82) is 0 Å². The SMILES string of the molecule is COC1(C(=O)Nc2cccc(C(F)F)c2)CCNCC1. The largest absolute Gasteiger partial charge is 0.368 e. The summed E-state index contributed by atoms with van der Waals surface area (Å²) < 4.78 is 30.7. The quantitative estimate of drug-likeness (QED) is 0.892. The fourth-order valence-corrected chi connectivity index (χ4v) is 2.35. The minimum absolute atomic E-state index is 0.112. The number of ether oxygens (including phenoxy) is 1. The average Bonchev–Trinajstić information content (AvgIpc) is 2.48. The van der Waals surface area contributed by atoms with E-state index in [0.29, 0.717) is 31.6 Å². The number of nitrogens with one attached hydrogen (secondary N) is 2. The predicted molar refractivity (Wildman–Crippen MR) is 71.9 cm³/mol. The predicted octanol–water partition coefficient (Wildman–Crippen LogP) is 2.33. The second-order valence-electron chi connectivity index (χ2n) is 4.83. The number of amides is 1. The number of alkyl halides is 2. The van der Waals surface area contributed by atoms with Crippen LogP contribution in [0.3, 0.4) is 0 Å². The molecule has 1 aromatic carbocycles. The molecule has 2 N–H and O–H groups in total. The molecule has 1 aromatic rings. The Balaban J connectivity index is 2.12. The second kappa shape index (κ2) is 6.28. The van der Waals surface area contributed by atoms with E-state index in [2.05, 4.69) is 10.6 Å². The van der Waals surface area contributed by atoms with Gasteiger partial charge in [0.05, 0.1) is 0 Å². The van der Waals surface area contributed by atoms with Crippen LogP contribution in [-0.4, -0.2) is 31.7 Å². The minimum Gasteiger partial charge on any atom is -0.368 e. The van der Waals surface area contributed by atoms with Crippen molar-refractivity contribution in [3.05, 3.63) is 29.8 Å². The van der Waals surface area contributed by atoms with E-state index in [0.717, 1.165) is 0 Å². The van der Waals surface area contributed by atoms with E-state index in [1.54, 1.807) is 6.07 Å². The molecule has 1 heterocycles. The van der Waals surface area contributed by atoms with E-state index >= 15 is 0 Å². The van der Waals surface area contributed by atoms with Crippen LogP contribution in [0.4, 0.5) is 14.5 Å². The molecule has 0 atom stereocenters. The van der Waals surface area contributed by atoms with Gasteiger partial charge in [0.1, 0.15) is 5.60 Å². The molecule has 1 aliphatic heterocycles. The molecule has 4 nitrogen and oxygen atoms in total. The normalized spacial score (nSPS) is 18.0. The molecule has 0 aliphatic carbocycles. The third-order valence-corrected chi connectivity index (χ3v) is 3.61. The lowest BCUT2D eigenvalue weighted by Gasteiger charge is -2.34. The molecule has 6 heteroatoms. The number of hydrogen-bond donors (Lipinski definition) is 2. The van der Waals surface area contributed by atoms with Gasteiger partial charge in [-0.25, -0.2) is 8.78 Å². The zero-order chi connectivity index (χ0) is 14.6. The molecule has 110 valence electrons. The van der Waals surface area contributed by atoms with Gasteiger partial charge in [0.25, 0.3) is 12.3 Å². The summed E-state index contributed by atoms with van der Waals surface area (Å²) in [5.41, 5.74) is -0.631. The van der Waals surface area contributed by atoms with Gasteiger partial charge < -0.3 is 15.4 Å². The Kier molecular flexibility index (Phi) is 4.67. The zero-order valence-corrected chi connectivity index (χ0v) is 11.3. The van der Waals surface area contributed by atoms with Crippen molar-refractivity contribution in [2.24, 2.45) is 0 Å². The highest BCUT2D eigenvalue weighted by Gasteiger charge is 2.39. The van der Waals surface area contributed by atoms with Crippen molar-refractivity contribution in [2.75, 3.05) is 25.5 Å². The van der Waals surface area contributed by atoms with Gasteiger partial charge in [0.2, 0.25) is 0 Å². The number of carbonyl (C=O) groups is 1. The molecule has 0 radical (unpaired) electrons. The van der Waals surface area contributed by atoms with Gasteiger partial charge in [0, 0.05) is 18.4 Å². The topological polar surface area (TPSA) is 50.4 Å². The van der Waals surface area contributed by atoms with Crippen molar-refractivity contribution in [3.8, 4) is 0 Å². The molecule has 0 bridgehead atoms. The molecular formula is C14H18F2N2O2. The summed E-state index contributed by atoms with van der Waals surface area (Å²) in [5.74, 6) is -0.284. The molecule has 0 unspecified atom stereocenters. The Morgan fingerprint density at radius 1 is 1.40 bits per heavy atom. The Bertz CT molecular complexity index is 474. The van der Waals surface area contributed by atoms with E-state index in [1.807, 2.05) is 0 Å². The van der Waals surface area contributed by atoms with Crippen LogP contribution >= 0.6 is 0 Å². The smallest absolute Gasteiger partial charge is 0.263 e. The maximum absolute atomic E-state index is 12.6. The third kappa shape index (κ3) is 3.13. The first-order chi connectivity index (χ1) is 9.57. The molecule has 0 aromatic heterocycles. The van der Waals surface area contributed by atoms with Crippen LogP contribution in [-0.2, 0) is 9.53 Å². The number of hydrogen-bond acceptors (Lipinski definition) is 3. The molecule has 20 heavy (non-hydrogen) atoms. The van der Waals surface area contributed by atoms with Crippen LogP contribution in [0.5, 0.6) is 0 Å². The highest BCUT2D eigenvalue weighted by atomic mass is 19.3. The van der Waals surface area contributed by atoms with Crippen molar-refractivity contribution in [3.63, 3.8) is 0 Å². The summed E-state index contributed by atoms with van der Waals surface area (Å²) in [5, 5.41) is 5.83. The Hall–Kier alpha value is -1.53. The van der Waals surface area contributed by atoms with Crippen LogP contribution in [0.15, 0.2) is 24.3 Å². The van der Waals surface area contributed by atoms with Crippen molar-refractivity contribution in [2.45, 2.75) is 24.9 Å². The lowest BCUT2D eigenvalue weighted by molar-refractivity contribution is -0.140. The highest BCUT2D eigenvalue weighted by Crippen LogP contribution is 2.26. The van der Waals surface area contributed by atoms with Gasteiger partial charge in [-0.2, -0.15) is 0 Å². The van der Waals surface area contributed by atoms with Gasteiger partial charge in [-0.05, 0) is 38.1 Å². The van der Waals surface area contributed by atoms with Crippen molar-refractivity contribution in [1.82, 2.24) is 5.32 Å². The van der Waals surface area contributed by atoms with E-state index in [9.17, 15) is 13.6 Å². The molecule has 2 rings (SSSR count). The molecule has 1 aliphatic rings. The van der Waals surface area contributed by atoms with E-state index in [4.69, 9.17) is 4.74 Å². The lowest BCUT2D eigenvalue weighted by Crippen LogP contribution is -2.51. The fraction of sp³-hybridized carbons (Fsp3) is 0.500. The van der Waals surface area contributed by atoms with Gasteiger partial charge in [-0.1, -0.05) is 12.1 Å². The molecule has 1 amide bonds. The maximum atomic E-state index is 12.6. The summed E-state index contributed by atoms with van der Waals surface area (Å²) in [6, 6.07) is 5.71. The summed E-state index contributed by atoms with van der Waals surface area (Å²) in [7, 11) is 1.50. The Labute approximate surface area is 116 Å². The van der Waals surface area contributed by atoms with Crippen LogP contribution < -0.4 is 10.6 Å². The van der Waals surface area contributed by atoms with E-state index < -0.39 is 12.0 Å². The number of methoxy groups -OCH3 is 1. The number of anilines is 1. The highest BCUT2D eigenvalue weighted by molar-refractivity contribution is 5.97. The molecule has 1 fully saturated rings. The molecule has 1 saturated heterocycles. The number of piperidine rings is 1. The summed E-state index contributed by atoms with van der Waals surface area (Å²) in [6.45, 7) is 1.39. The van der Waals surface area contributed by atoms with Gasteiger partial charge in [-0.15, -0.1) is 0 Å². The third-order valence-electron chi connectivity index (χ3n) is 3.61. The first-order valence-corrected chi connectivity index (χ1v) is 6.53. The van der Waals surface area contributed by atoms with Gasteiger partial charge in [-0.3, -0.25) is 4.79 Å². The summed E-state index contributed by atoms with van der Waals surface area (Å²) >= 11 is 0. The first-order valence-electron chi connectivity index (χ1n) is 6.53. The van der Waals surface area contributed by atoms with E-state index in [-0.39, 0.29) is 11.5 Å². The van der Waals surface area contributed by atoms with Crippen molar-refractivity contribution < 1.29 is 18.3 Å². The number of halogens is 2. The van der Waals surface area contributed by atoms with Crippen LogP contribution in [0, 0.1) is 0 Å². The minimum atomic E-state index is -2.55. The number of carbonyl (C=O) groups excluding carboxylic acids is 1. The molecule has 0 saturated carbocycles. The molecular weight excluding hydrogens is 266 g/mol. The number of benzene rings is 1. The van der Waals surface area contributed by atoms with Gasteiger partial charge >= 0.3 is 0 Å². The fourth-order valence-electron chi connectivity index (χ4n) is 2.35. The van der Waals surface area contributed by atoms with Crippen LogP contribution in [0.25, 0.3) is 0 Å². The average molecular weight is 284 g/mol. The Morgan fingerprint density at radius 2 is 2.10 bits per heavy atom. The van der Waals surface area contributed by atoms with Crippen LogP contribution in [0.1, 0.15) is 24.8 Å². The summed E-state index contributed by atoms with van der Waals surface area (Å²) in [4.78, 5) is 12.4. The molecule has 0 spiro atoms. The standard InChI is InChI=1S/C14H18F2N2O2/c1-20-14(5-7-17-8-6-14)13(19)18-11-4-2-3-10(9-11)12(15)16/h2-4,9,12,17H,5-8H2,1H3,(H,18,19). The lowest BCUT2D eigenvalue weighted by atomic mass is 9.91. The monoisotopic (exact) mass is 284 g/mol. The zero-order valence-electron chi connectivity index (χ0n) is 11.3. The summed E-state index contributed by atoms with van der Waals surface area (Å²) in [6.07, 6.45) is -1.43. The van der Waals surface area contributed by atoms with Crippen LogP contribution in [0.2, 0.25) is 0 Å². The van der Waals surface area contributed by atoms with Crippen molar-refractivity contribution >= 4 is 11.6 Å².